The molecule has 0 saturated heterocycles. The van der Waals surface area contributed by atoms with Crippen LogP contribution in [0.4, 0.5) is 0 Å². The van der Waals surface area contributed by atoms with E-state index in [1.165, 1.54) is 47.8 Å². The fourth-order valence-electron chi connectivity index (χ4n) is 6.94. The molecule has 64 heavy (non-hydrogen) atoms. The van der Waals surface area contributed by atoms with E-state index in [-0.39, 0.29) is 50.0 Å². The molecular weight excluding hydrogens is 859 g/mol. The summed E-state index contributed by atoms with van der Waals surface area (Å²) >= 11 is 2.90. The lowest BCUT2D eigenvalue weighted by Crippen LogP contribution is -2.60. The number of H-pyrrole nitrogens is 1. The number of phenols is 2. The quantitative estimate of drug-likeness (QED) is 0.0380. The molecule has 0 fully saturated rings. The summed E-state index contributed by atoms with van der Waals surface area (Å²) in [7, 11) is 0. The second kappa shape index (κ2) is 26.1. The van der Waals surface area contributed by atoms with Gasteiger partial charge in [0.15, 0.2) is 0 Å². The molecule has 17 nitrogen and oxygen atoms in total. The van der Waals surface area contributed by atoms with E-state index in [2.05, 4.69) is 31.6 Å². The third-order valence-corrected chi connectivity index (χ3v) is 11.9. The number of benzene rings is 3. The zero-order chi connectivity index (χ0) is 46.6. The van der Waals surface area contributed by atoms with Gasteiger partial charge in [0.05, 0.1) is 6.04 Å². The molecule has 0 aliphatic rings. The van der Waals surface area contributed by atoms with Crippen LogP contribution in [0.25, 0.3) is 10.9 Å². The van der Waals surface area contributed by atoms with Crippen molar-refractivity contribution in [3.05, 3.63) is 95.7 Å². The van der Waals surface area contributed by atoms with Crippen LogP contribution in [0.5, 0.6) is 11.5 Å². The van der Waals surface area contributed by atoms with E-state index in [9.17, 15) is 39.0 Å². The highest BCUT2D eigenvalue weighted by Gasteiger charge is 2.33. The van der Waals surface area contributed by atoms with Gasteiger partial charge in [-0.1, -0.05) is 42.5 Å². The normalized spacial score (nSPS) is 14.0. The average Bonchev–Trinajstić information content (AvgIpc) is 3.69. The summed E-state index contributed by atoms with van der Waals surface area (Å²) in [6.07, 6.45) is 7.21. The Kier molecular flexibility index (Phi) is 20.8. The molecule has 6 atom stereocenters. The number of carbonyl (C=O) groups excluding carboxylic acids is 6. The fraction of sp³-hybridized carbons (Fsp3) is 0.422. The number of unbranched alkanes of at least 4 members (excludes halogenated alkanes) is 1. The predicted octanol–water partition coefficient (Wildman–Crippen LogP) is 1.48. The number of amides is 6. The van der Waals surface area contributed by atoms with Crippen molar-refractivity contribution in [2.75, 3.05) is 30.6 Å². The third kappa shape index (κ3) is 16.1. The molecule has 0 saturated carbocycles. The molecule has 6 amide bonds. The number of carbonyl (C=O) groups is 6. The molecule has 0 unspecified atom stereocenters. The Labute approximate surface area is 381 Å². The van der Waals surface area contributed by atoms with Crippen LogP contribution in [-0.4, -0.2) is 117 Å². The van der Waals surface area contributed by atoms with Gasteiger partial charge in [0.25, 0.3) is 0 Å². The maximum atomic E-state index is 14.3. The summed E-state index contributed by atoms with van der Waals surface area (Å²) in [5.41, 5.74) is 20.6. The van der Waals surface area contributed by atoms with Crippen molar-refractivity contribution in [1.82, 2.24) is 31.6 Å². The number of thioether (sulfide) groups is 2. The smallest absolute Gasteiger partial charge is 0.243 e. The van der Waals surface area contributed by atoms with Crippen LogP contribution in [0.3, 0.4) is 0 Å². The van der Waals surface area contributed by atoms with Gasteiger partial charge >= 0.3 is 0 Å². The topological polar surface area (TPSA) is 297 Å². The van der Waals surface area contributed by atoms with E-state index in [1.54, 1.807) is 30.5 Å². The number of hydrogen-bond acceptors (Lipinski definition) is 12. The lowest BCUT2D eigenvalue weighted by molar-refractivity contribution is -0.135. The van der Waals surface area contributed by atoms with Gasteiger partial charge in [0, 0.05) is 29.9 Å². The summed E-state index contributed by atoms with van der Waals surface area (Å²) in [4.78, 5) is 85.4. The number of aromatic hydroxyl groups is 2. The Morgan fingerprint density at radius 3 is 1.56 bits per heavy atom. The number of nitrogens with one attached hydrogen (secondary N) is 6. The first-order chi connectivity index (χ1) is 30.7. The molecule has 3 aromatic carbocycles. The van der Waals surface area contributed by atoms with Gasteiger partial charge in [-0.15, -0.1) is 0 Å². The number of aromatic amines is 1. The Balaban J connectivity index is 1.57. The summed E-state index contributed by atoms with van der Waals surface area (Å²) in [5, 5.41) is 34.5. The molecule has 0 aliphatic heterocycles. The minimum atomic E-state index is -1.28. The molecule has 0 radical (unpaired) electrons. The molecule has 0 aliphatic carbocycles. The zero-order valence-electron chi connectivity index (χ0n) is 36.1. The number of aromatic nitrogens is 1. The number of nitrogens with two attached hydrogens (primary N) is 3. The van der Waals surface area contributed by atoms with Gasteiger partial charge in [0.2, 0.25) is 35.4 Å². The first-order valence-electron chi connectivity index (χ1n) is 21.1. The van der Waals surface area contributed by atoms with E-state index in [4.69, 9.17) is 17.2 Å². The van der Waals surface area contributed by atoms with Crippen molar-refractivity contribution >= 4 is 69.9 Å². The molecule has 1 heterocycles. The van der Waals surface area contributed by atoms with Gasteiger partial charge in [-0.3, -0.25) is 28.8 Å². The van der Waals surface area contributed by atoms with Crippen molar-refractivity contribution in [2.24, 2.45) is 17.2 Å². The average molecular weight is 920 g/mol. The number of rotatable bonds is 27. The SMILES string of the molecule is CSCC[C@H](NC(=O)[C@H](Cc1ccc(O)cc1)NC(=O)[C@@H](CCCCN)NC(=O)[C@@H](N)Cc1c[nH]c2ccccc12)C(=O)N[C@@H](Cc1ccc(O)cc1)C(=O)N[C@H](CCSC)C(N)=O. The fourth-order valence-corrected chi connectivity index (χ4v) is 7.88. The number of primary amides is 1. The largest absolute Gasteiger partial charge is 0.508 e. The molecule has 1 aromatic heterocycles. The predicted molar refractivity (Wildman–Crippen MR) is 251 cm³/mol. The Morgan fingerprint density at radius 2 is 1.05 bits per heavy atom. The van der Waals surface area contributed by atoms with Gasteiger partial charge in [-0.2, -0.15) is 23.5 Å². The van der Waals surface area contributed by atoms with Crippen LogP contribution in [-0.2, 0) is 48.0 Å². The Morgan fingerprint density at radius 1 is 0.594 bits per heavy atom. The molecular formula is C45H61N9O8S2. The highest BCUT2D eigenvalue weighted by molar-refractivity contribution is 7.98. The maximum Gasteiger partial charge on any atom is 0.243 e. The molecule has 4 rings (SSSR count). The van der Waals surface area contributed by atoms with E-state index in [0.29, 0.717) is 42.0 Å². The van der Waals surface area contributed by atoms with Crippen molar-refractivity contribution in [3.63, 3.8) is 0 Å². The molecule has 19 heteroatoms. The second-order valence-electron chi connectivity index (χ2n) is 15.5. The van der Waals surface area contributed by atoms with Crippen molar-refractivity contribution in [3.8, 4) is 11.5 Å². The van der Waals surface area contributed by atoms with Crippen molar-refractivity contribution < 1.29 is 39.0 Å². The van der Waals surface area contributed by atoms with Crippen LogP contribution in [0.1, 0.15) is 48.8 Å². The first-order valence-corrected chi connectivity index (χ1v) is 23.9. The standard InChI is InChI=1S/C45H61N9O8S2/c1-63-21-18-35(40(48)57)50-44(61)38(23-27-10-14-30(55)15-11-27)54-43(60)37(19-22-64-2)52-45(62)39(24-28-12-16-31(56)17-13-28)53-42(59)36(9-5-6-20-46)51-41(58)33(47)25-29-26-49-34-8-4-3-7-32(29)34/h3-4,7-8,10-17,26,33,35-39,49,55-56H,5-6,9,18-25,46-47H2,1-2H3,(H2,48,57)(H,50,61)(H,51,58)(H,52,62)(H,53,59)(H,54,60)/t33-,35+,36+,37-,38-,39-/m0/s1. The second-order valence-corrected chi connectivity index (χ2v) is 17.4. The third-order valence-electron chi connectivity index (χ3n) is 10.6. The minimum Gasteiger partial charge on any atom is -0.508 e. The van der Waals surface area contributed by atoms with E-state index in [1.807, 2.05) is 36.8 Å². The number of hydrogen-bond donors (Lipinski definition) is 11. The maximum absolute atomic E-state index is 14.3. The minimum absolute atomic E-state index is 0.00252. The van der Waals surface area contributed by atoms with Crippen LogP contribution < -0.4 is 43.8 Å². The number of fused-ring (bicyclic) bond motifs is 1. The number of phenolic OH excluding ortho intramolecular Hbond substituents is 2. The van der Waals surface area contributed by atoms with Gasteiger partial charge in [-0.05, 0) is 116 Å². The lowest BCUT2D eigenvalue weighted by atomic mass is 10.0. The van der Waals surface area contributed by atoms with Crippen LogP contribution >= 0.6 is 23.5 Å². The lowest BCUT2D eigenvalue weighted by Gasteiger charge is -2.27. The van der Waals surface area contributed by atoms with Crippen LogP contribution in [0.2, 0.25) is 0 Å². The molecule has 346 valence electrons. The highest BCUT2D eigenvalue weighted by Crippen LogP contribution is 2.19. The first kappa shape index (κ1) is 50.9. The van der Waals surface area contributed by atoms with Gasteiger partial charge in [-0.25, -0.2) is 0 Å². The Bertz CT molecular complexity index is 2160. The van der Waals surface area contributed by atoms with E-state index < -0.39 is 71.7 Å². The van der Waals surface area contributed by atoms with Crippen LogP contribution in [0.15, 0.2) is 79.0 Å². The van der Waals surface area contributed by atoms with Crippen LogP contribution in [0, 0.1) is 0 Å². The van der Waals surface area contributed by atoms with E-state index >= 15 is 0 Å². The Hall–Kier alpha value is -5.76. The summed E-state index contributed by atoms with van der Waals surface area (Å²) in [5.74, 6) is -3.12. The van der Waals surface area contributed by atoms with Gasteiger partial charge in [0.1, 0.15) is 41.7 Å². The van der Waals surface area contributed by atoms with Crippen molar-refractivity contribution in [1.29, 1.82) is 0 Å². The summed E-state index contributed by atoms with van der Waals surface area (Å²) in [6, 6.07) is 12.9. The molecule has 4 aromatic rings. The van der Waals surface area contributed by atoms with Gasteiger partial charge < -0.3 is 59.0 Å². The monoisotopic (exact) mass is 919 g/mol. The molecule has 14 N–H and O–H groups in total. The number of para-hydroxylation sites is 1. The van der Waals surface area contributed by atoms with E-state index in [0.717, 1.165) is 16.5 Å². The molecule has 0 spiro atoms. The summed E-state index contributed by atoms with van der Waals surface area (Å²) in [6.45, 7) is 0.356. The van der Waals surface area contributed by atoms with Crippen molar-refractivity contribution in [2.45, 2.75) is 87.6 Å². The highest BCUT2D eigenvalue weighted by atomic mass is 32.2. The summed E-state index contributed by atoms with van der Waals surface area (Å²) < 4.78 is 0. The molecule has 0 bridgehead atoms. The zero-order valence-corrected chi connectivity index (χ0v) is 37.8.